The van der Waals surface area contributed by atoms with E-state index in [1.165, 1.54) is 29.6 Å². The lowest BCUT2D eigenvalue weighted by molar-refractivity contribution is -0.124. The molecule has 0 unspecified atom stereocenters. The number of rotatable bonds is 3. The summed E-state index contributed by atoms with van der Waals surface area (Å²) in [4.78, 5) is 12.3. The van der Waals surface area contributed by atoms with Gasteiger partial charge in [0.15, 0.2) is 0 Å². The molecule has 0 radical (unpaired) electrons. The second-order valence-electron chi connectivity index (χ2n) is 5.76. The zero-order chi connectivity index (χ0) is 18.2. The molecule has 0 bridgehead atoms. The van der Waals surface area contributed by atoms with Crippen molar-refractivity contribution >= 4 is 39.1 Å². The minimum atomic E-state index is -3.95. The molecular weight excluding hydrogens is 383 g/mol. The van der Waals surface area contributed by atoms with Crippen LogP contribution in [0.1, 0.15) is 11.1 Å². The Morgan fingerprint density at radius 1 is 1.12 bits per heavy atom. The van der Waals surface area contributed by atoms with Crippen LogP contribution in [0.25, 0.3) is 0 Å². The Labute approximate surface area is 156 Å². The van der Waals surface area contributed by atoms with Gasteiger partial charge >= 0.3 is 0 Å². The Morgan fingerprint density at radius 2 is 1.72 bits per heavy atom. The number of hydrogen-bond acceptors (Lipinski definition) is 3. The average molecular weight is 399 g/mol. The van der Waals surface area contributed by atoms with E-state index in [-0.39, 0.29) is 27.4 Å². The number of sulfonamides is 1. The van der Waals surface area contributed by atoms with Gasteiger partial charge in [0.25, 0.3) is 0 Å². The summed E-state index contributed by atoms with van der Waals surface area (Å²) in [5, 5.41) is 2.99. The number of nitrogens with zero attached hydrogens (tertiary/aromatic N) is 1. The molecule has 0 saturated carbocycles. The Morgan fingerprint density at radius 3 is 2.32 bits per heavy atom. The van der Waals surface area contributed by atoms with Gasteiger partial charge in [0.1, 0.15) is 6.04 Å². The summed E-state index contributed by atoms with van der Waals surface area (Å²) < 4.78 is 27.5. The third-order valence-corrected chi connectivity index (χ3v) is 6.47. The molecule has 25 heavy (non-hydrogen) atoms. The van der Waals surface area contributed by atoms with Gasteiger partial charge in [0.2, 0.25) is 15.9 Å². The molecule has 0 saturated heterocycles. The van der Waals surface area contributed by atoms with Crippen LogP contribution in [0.3, 0.4) is 0 Å². The highest BCUT2D eigenvalue weighted by molar-refractivity contribution is 7.89. The molecule has 1 N–H and O–H groups in total. The summed E-state index contributed by atoms with van der Waals surface area (Å²) in [5.74, 6) is -0.355. The fraction of sp³-hybridized carbons (Fsp3) is 0.235. The zero-order valence-corrected chi connectivity index (χ0v) is 15.7. The first-order valence-corrected chi connectivity index (χ1v) is 9.79. The number of likely N-dealkylation sites (N-methyl/N-ethyl adjacent to an activating group) is 1. The molecule has 1 atom stereocenters. The van der Waals surface area contributed by atoms with Crippen molar-refractivity contribution in [2.75, 3.05) is 7.05 Å². The molecule has 1 heterocycles. The molecule has 5 nitrogen and oxygen atoms in total. The average Bonchev–Trinajstić information content (AvgIpc) is 2.59. The van der Waals surface area contributed by atoms with Crippen LogP contribution in [-0.2, 0) is 27.8 Å². The van der Waals surface area contributed by atoms with Crippen molar-refractivity contribution in [3.8, 4) is 0 Å². The van der Waals surface area contributed by atoms with Gasteiger partial charge in [-0.25, -0.2) is 8.42 Å². The van der Waals surface area contributed by atoms with Gasteiger partial charge in [-0.1, -0.05) is 47.5 Å². The van der Waals surface area contributed by atoms with Crippen molar-refractivity contribution in [1.29, 1.82) is 0 Å². The van der Waals surface area contributed by atoms with Crippen LogP contribution >= 0.6 is 23.2 Å². The van der Waals surface area contributed by atoms with Crippen molar-refractivity contribution in [2.24, 2.45) is 0 Å². The number of halogens is 2. The van der Waals surface area contributed by atoms with Crippen LogP contribution in [0, 0.1) is 0 Å². The summed E-state index contributed by atoms with van der Waals surface area (Å²) in [7, 11) is -2.46. The van der Waals surface area contributed by atoms with Gasteiger partial charge in [-0.3, -0.25) is 4.79 Å². The number of amides is 1. The molecule has 132 valence electrons. The molecule has 2 aromatic carbocycles. The first kappa shape index (κ1) is 18.2. The first-order chi connectivity index (χ1) is 11.8. The van der Waals surface area contributed by atoms with Crippen LogP contribution in [0.2, 0.25) is 10.0 Å². The number of fused-ring (bicyclic) bond motifs is 1. The summed E-state index contributed by atoms with van der Waals surface area (Å²) in [6, 6.07) is 10.8. The smallest absolute Gasteiger partial charge is 0.244 e. The van der Waals surface area contributed by atoms with Crippen LogP contribution in [0.5, 0.6) is 0 Å². The fourth-order valence-electron chi connectivity index (χ4n) is 2.95. The standard InChI is InChI=1S/C17H16Cl2N2O3S/c1-20-17(22)16-6-11-4-2-3-5-12(11)10-21(16)25(23,24)15-8-13(18)7-14(19)9-15/h2-5,7-9,16H,6,10H2,1H3,(H,20,22)/t16-/m1/s1. The summed E-state index contributed by atoms with van der Waals surface area (Å²) >= 11 is 11.9. The zero-order valence-electron chi connectivity index (χ0n) is 13.4. The van der Waals surface area contributed by atoms with Gasteiger partial charge < -0.3 is 5.32 Å². The Balaban J connectivity index is 2.09. The summed E-state index contributed by atoms with van der Waals surface area (Å²) in [6.45, 7) is 0.112. The van der Waals surface area contributed by atoms with Gasteiger partial charge in [-0.05, 0) is 35.7 Å². The molecule has 0 spiro atoms. The topological polar surface area (TPSA) is 66.5 Å². The lowest BCUT2D eigenvalue weighted by Crippen LogP contribution is -2.51. The molecule has 0 fully saturated rings. The summed E-state index contributed by atoms with van der Waals surface area (Å²) in [6.07, 6.45) is 0.309. The van der Waals surface area contributed by atoms with E-state index < -0.39 is 16.1 Å². The van der Waals surface area contributed by atoms with Crippen LogP contribution in [0.15, 0.2) is 47.4 Å². The maximum atomic E-state index is 13.2. The molecular formula is C17H16Cl2N2O3S. The van der Waals surface area contributed by atoms with Crippen molar-refractivity contribution in [3.63, 3.8) is 0 Å². The van der Waals surface area contributed by atoms with E-state index in [0.29, 0.717) is 6.42 Å². The van der Waals surface area contributed by atoms with Gasteiger partial charge in [-0.15, -0.1) is 0 Å². The van der Waals surface area contributed by atoms with Crippen LogP contribution < -0.4 is 5.32 Å². The third-order valence-electron chi connectivity index (χ3n) is 4.20. The monoisotopic (exact) mass is 398 g/mol. The van der Waals surface area contributed by atoms with Crippen molar-refractivity contribution < 1.29 is 13.2 Å². The van der Waals surface area contributed by atoms with Gasteiger partial charge in [0, 0.05) is 23.6 Å². The highest BCUT2D eigenvalue weighted by Crippen LogP contribution is 2.31. The minimum absolute atomic E-state index is 0.0294. The molecule has 0 aliphatic carbocycles. The molecule has 1 aliphatic rings. The number of hydrogen-bond donors (Lipinski definition) is 1. The molecule has 1 aliphatic heterocycles. The lowest BCUT2D eigenvalue weighted by atomic mass is 9.95. The fourth-order valence-corrected chi connectivity index (χ4v) is 5.25. The van der Waals surface area contributed by atoms with E-state index in [1.807, 2.05) is 24.3 Å². The molecule has 2 aromatic rings. The van der Waals surface area contributed by atoms with Gasteiger partial charge in [0.05, 0.1) is 4.90 Å². The second kappa shape index (κ2) is 6.96. The number of benzene rings is 2. The Bertz CT molecular complexity index is 911. The van der Waals surface area contributed by atoms with Crippen molar-refractivity contribution in [2.45, 2.75) is 23.9 Å². The Hall–Kier alpha value is -1.60. The predicted octanol–water partition coefficient (Wildman–Crippen LogP) is 2.86. The van der Waals surface area contributed by atoms with Crippen LogP contribution in [0.4, 0.5) is 0 Å². The van der Waals surface area contributed by atoms with Crippen molar-refractivity contribution in [3.05, 3.63) is 63.6 Å². The predicted molar refractivity (Wildman–Crippen MR) is 97.2 cm³/mol. The summed E-state index contributed by atoms with van der Waals surface area (Å²) in [5.41, 5.74) is 1.84. The minimum Gasteiger partial charge on any atom is -0.358 e. The van der Waals surface area contributed by atoms with E-state index in [9.17, 15) is 13.2 Å². The van der Waals surface area contributed by atoms with Crippen molar-refractivity contribution in [1.82, 2.24) is 9.62 Å². The van der Waals surface area contributed by atoms with Crippen LogP contribution in [-0.4, -0.2) is 31.7 Å². The maximum absolute atomic E-state index is 13.2. The Kier molecular flexibility index (Phi) is 5.06. The lowest BCUT2D eigenvalue weighted by Gasteiger charge is -2.34. The molecule has 1 amide bonds. The quantitative estimate of drug-likeness (QED) is 0.863. The normalized spacial score (nSPS) is 17.8. The highest BCUT2D eigenvalue weighted by atomic mass is 35.5. The SMILES string of the molecule is CNC(=O)[C@H]1Cc2ccccc2CN1S(=O)(=O)c1cc(Cl)cc(Cl)c1. The second-order valence-corrected chi connectivity index (χ2v) is 8.52. The van der Waals surface area contributed by atoms with E-state index in [0.717, 1.165) is 11.1 Å². The first-order valence-electron chi connectivity index (χ1n) is 7.59. The third kappa shape index (κ3) is 3.53. The number of carbonyl (C=O) groups is 1. The number of nitrogens with one attached hydrogen (secondary N) is 1. The maximum Gasteiger partial charge on any atom is 0.244 e. The highest BCUT2D eigenvalue weighted by Gasteiger charge is 2.39. The van der Waals surface area contributed by atoms with E-state index in [4.69, 9.17) is 23.2 Å². The van der Waals surface area contributed by atoms with Gasteiger partial charge in [-0.2, -0.15) is 4.31 Å². The largest absolute Gasteiger partial charge is 0.358 e. The molecule has 0 aromatic heterocycles. The van der Waals surface area contributed by atoms with E-state index in [1.54, 1.807) is 0 Å². The molecule has 3 rings (SSSR count). The molecule has 8 heteroatoms. The van der Waals surface area contributed by atoms with E-state index in [2.05, 4.69) is 5.32 Å². The number of carbonyl (C=O) groups excluding carboxylic acids is 1. The van der Waals surface area contributed by atoms with E-state index >= 15 is 0 Å².